The largest absolute Gasteiger partial charge is 0.497 e. The van der Waals surface area contributed by atoms with Crippen molar-refractivity contribution in [1.29, 1.82) is 0 Å². The first-order valence-corrected chi connectivity index (χ1v) is 10.4. The van der Waals surface area contributed by atoms with Crippen LogP contribution in [0.4, 0.5) is 0 Å². The fraction of sp³-hybridized carbons (Fsp3) is 0.652. The van der Waals surface area contributed by atoms with E-state index in [1.165, 1.54) is 0 Å². The van der Waals surface area contributed by atoms with Gasteiger partial charge in [0.1, 0.15) is 18.0 Å². The molecule has 2 atom stereocenters. The number of carbonyl (C=O) groups is 2. The number of aliphatic hydroxyl groups is 1. The molecule has 0 saturated heterocycles. The van der Waals surface area contributed by atoms with Crippen molar-refractivity contribution in [3.05, 3.63) is 29.8 Å². The normalized spacial score (nSPS) is 14.0. The van der Waals surface area contributed by atoms with Crippen molar-refractivity contribution in [1.82, 2.24) is 10.6 Å². The average molecular weight is 423 g/mol. The summed E-state index contributed by atoms with van der Waals surface area (Å²) < 4.78 is 11.2. The molecule has 0 radical (unpaired) electrons. The lowest BCUT2D eigenvalue weighted by Gasteiger charge is -2.36. The Kier molecular flexibility index (Phi) is 9.78. The zero-order chi connectivity index (χ0) is 22.9. The number of hydrogen-bond acceptors (Lipinski definition) is 5. The highest BCUT2D eigenvalue weighted by atomic mass is 16.5. The minimum atomic E-state index is -1.21. The standard InChI is InChI=1S/C23H38N2O5/c1-8-23(5,6)30-19(22(2,3)4)21(28)24-13-12-18(26)20(27)25-15-16-10-9-11-17(14-16)29-7/h9-11,14,18-19,26H,8,12-13,15H2,1-7H3,(H,24,28)(H,25,27). The molecule has 7 heteroatoms. The molecule has 170 valence electrons. The minimum Gasteiger partial charge on any atom is -0.497 e. The Morgan fingerprint density at radius 1 is 1.10 bits per heavy atom. The van der Waals surface area contributed by atoms with Crippen LogP contribution in [0.25, 0.3) is 0 Å². The monoisotopic (exact) mass is 422 g/mol. The maximum absolute atomic E-state index is 12.7. The van der Waals surface area contributed by atoms with Gasteiger partial charge in [0.05, 0.1) is 12.7 Å². The van der Waals surface area contributed by atoms with Gasteiger partial charge in [0.2, 0.25) is 11.8 Å². The predicted molar refractivity (Wildman–Crippen MR) is 117 cm³/mol. The van der Waals surface area contributed by atoms with Gasteiger partial charge in [-0.05, 0) is 49.8 Å². The molecule has 0 aromatic heterocycles. The third-order valence-corrected chi connectivity index (χ3v) is 4.93. The van der Waals surface area contributed by atoms with Crippen LogP contribution in [-0.2, 0) is 20.9 Å². The molecule has 2 amide bonds. The molecule has 0 heterocycles. The van der Waals surface area contributed by atoms with Crippen LogP contribution in [0.5, 0.6) is 5.75 Å². The third-order valence-electron chi connectivity index (χ3n) is 4.93. The Morgan fingerprint density at radius 3 is 2.33 bits per heavy atom. The SMILES string of the molecule is CCC(C)(C)OC(C(=O)NCCC(O)C(=O)NCc1cccc(OC)c1)C(C)(C)C. The molecule has 0 spiro atoms. The predicted octanol–water partition coefficient (Wildman–Crippen LogP) is 2.80. The average Bonchev–Trinajstić information content (AvgIpc) is 2.69. The van der Waals surface area contributed by atoms with Crippen molar-refractivity contribution >= 4 is 11.8 Å². The molecule has 2 unspecified atom stereocenters. The van der Waals surface area contributed by atoms with Gasteiger partial charge in [-0.2, -0.15) is 0 Å². The number of nitrogens with one attached hydrogen (secondary N) is 2. The Bertz CT molecular complexity index is 697. The lowest BCUT2D eigenvalue weighted by molar-refractivity contribution is -0.158. The number of rotatable bonds is 11. The highest BCUT2D eigenvalue weighted by molar-refractivity contribution is 5.82. The van der Waals surface area contributed by atoms with E-state index in [1.54, 1.807) is 7.11 Å². The zero-order valence-corrected chi connectivity index (χ0v) is 19.4. The molecule has 1 aromatic carbocycles. The summed E-state index contributed by atoms with van der Waals surface area (Å²) in [7, 11) is 1.58. The Labute approximate surface area is 180 Å². The summed E-state index contributed by atoms with van der Waals surface area (Å²) >= 11 is 0. The highest BCUT2D eigenvalue weighted by Gasteiger charge is 2.36. The van der Waals surface area contributed by atoms with Crippen LogP contribution in [0.15, 0.2) is 24.3 Å². The van der Waals surface area contributed by atoms with Crippen LogP contribution in [0.1, 0.15) is 59.9 Å². The summed E-state index contributed by atoms with van der Waals surface area (Å²) in [4.78, 5) is 24.8. The molecule has 7 nitrogen and oxygen atoms in total. The van der Waals surface area contributed by atoms with Crippen LogP contribution in [-0.4, -0.2) is 48.4 Å². The van der Waals surface area contributed by atoms with Gasteiger partial charge in [0, 0.05) is 13.1 Å². The van der Waals surface area contributed by atoms with Crippen molar-refractivity contribution < 1.29 is 24.2 Å². The number of aliphatic hydroxyl groups excluding tert-OH is 1. The topological polar surface area (TPSA) is 96.9 Å². The van der Waals surface area contributed by atoms with E-state index >= 15 is 0 Å². The second-order valence-electron chi connectivity index (χ2n) is 9.14. The molecule has 0 aliphatic heterocycles. The molecular weight excluding hydrogens is 384 g/mol. The summed E-state index contributed by atoms with van der Waals surface area (Å²) in [5.74, 6) is -0.0253. The molecule has 0 fully saturated rings. The van der Waals surface area contributed by atoms with Crippen molar-refractivity contribution in [2.45, 2.75) is 78.7 Å². The smallest absolute Gasteiger partial charge is 0.249 e. The molecule has 0 saturated carbocycles. The lowest BCUT2D eigenvalue weighted by atomic mass is 9.87. The van der Waals surface area contributed by atoms with E-state index in [1.807, 2.05) is 65.8 Å². The van der Waals surface area contributed by atoms with Gasteiger partial charge in [0.25, 0.3) is 0 Å². The summed E-state index contributed by atoms with van der Waals surface area (Å²) in [6.45, 7) is 12.2. The van der Waals surface area contributed by atoms with E-state index in [-0.39, 0.29) is 30.8 Å². The molecule has 3 N–H and O–H groups in total. The lowest BCUT2D eigenvalue weighted by Crippen LogP contribution is -2.49. The molecule has 1 aromatic rings. The van der Waals surface area contributed by atoms with Crippen LogP contribution in [0.3, 0.4) is 0 Å². The van der Waals surface area contributed by atoms with Crippen molar-refractivity contribution in [2.75, 3.05) is 13.7 Å². The molecule has 0 aliphatic carbocycles. The van der Waals surface area contributed by atoms with Gasteiger partial charge < -0.3 is 25.2 Å². The third kappa shape index (κ3) is 8.71. The summed E-state index contributed by atoms with van der Waals surface area (Å²) in [6, 6.07) is 7.33. The highest BCUT2D eigenvalue weighted by Crippen LogP contribution is 2.28. The van der Waals surface area contributed by atoms with Gasteiger partial charge in [-0.1, -0.05) is 39.8 Å². The van der Waals surface area contributed by atoms with Gasteiger partial charge in [-0.3, -0.25) is 9.59 Å². The number of methoxy groups -OCH3 is 1. The first-order chi connectivity index (χ1) is 13.9. The fourth-order valence-corrected chi connectivity index (χ4v) is 2.67. The summed E-state index contributed by atoms with van der Waals surface area (Å²) in [5, 5.41) is 15.6. The second kappa shape index (κ2) is 11.3. The molecule has 30 heavy (non-hydrogen) atoms. The number of carbonyl (C=O) groups excluding carboxylic acids is 2. The number of amides is 2. The van der Waals surface area contributed by atoms with Gasteiger partial charge in [0.15, 0.2) is 0 Å². The van der Waals surface area contributed by atoms with Crippen LogP contribution in [0.2, 0.25) is 0 Å². The first kappa shape index (κ1) is 25.9. The van der Waals surface area contributed by atoms with Crippen LogP contribution < -0.4 is 15.4 Å². The molecule has 0 aliphatic rings. The van der Waals surface area contributed by atoms with Crippen molar-refractivity contribution in [2.24, 2.45) is 5.41 Å². The van der Waals surface area contributed by atoms with Crippen LogP contribution in [0, 0.1) is 5.41 Å². The van der Waals surface area contributed by atoms with E-state index in [9.17, 15) is 14.7 Å². The Balaban J connectivity index is 2.51. The van der Waals surface area contributed by atoms with E-state index in [0.717, 1.165) is 12.0 Å². The van der Waals surface area contributed by atoms with Gasteiger partial charge in [-0.25, -0.2) is 0 Å². The maximum atomic E-state index is 12.7. The number of hydrogen-bond donors (Lipinski definition) is 3. The minimum absolute atomic E-state index is 0.115. The van der Waals surface area contributed by atoms with E-state index < -0.39 is 23.7 Å². The quantitative estimate of drug-likeness (QED) is 0.510. The molecule has 0 bridgehead atoms. The second-order valence-corrected chi connectivity index (χ2v) is 9.14. The van der Waals surface area contributed by atoms with E-state index in [0.29, 0.717) is 5.75 Å². The molecular formula is C23H38N2O5. The zero-order valence-electron chi connectivity index (χ0n) is 19.4. The van der Waals surface area contributed by atoms with Gasteiger partial charge in [-0.15, -0.1) is 0 Å². The maximum Gasteiger partial charge on any atom is 0.249 e. The number of benzene rings is 1. The van der Waals surface area contributed by atoms with Crippen molar-refractivity contribution in [3.63, 3.8) is 0 Å². The number of ether oxygens (including phenoxy) is 2. The summed E-state index contributed by atoms with van der Waals surface area (Å²) in [5.41, 5.74) is 0.0600. The van der Waals surface area contributed by atoms with Gasteiger partial charge >= 0.3 is 0 Å². The summed E-state index contributed by atoms with van der Waals surface area (Å²) in [6.07, 6.45) is -0.952. The Morgan fingerprint density at radius 2 is 1.77 bits per heavy atom. The van der Waals surface area contributed by atoms with E-state index in [4.69, 9.17) is 9.47 Å². The van der Waals surface area contributed by atoms with E-state index in [2.05, 4.69) is 10.6 Å². The first-order valence-electron chi connectivity index (χ1n) is 10.4. The fourth-order valence-electron chi connectivity index (χ4n) is 2.67. The Hall–Kier alpha value is -2.12. The molecule has 1 rings (SSSR count). The van der Waals surface area contributed by atoms with Crippen molar-refractivity contribution in [3.8, 4) is 5.75 Å². The van der Waals surface area contributed by atoms with Crippen LogP contribution >= 0.6 is 0 Å².